The third-order valence-corrected chi connectivity index (χ3v) is 7.56. The molecule has 1 heteroatoms. The Balaban J connectivity index is 3.03. The van der Waals surface area contributed by atoms with Gasteiger partial charge in [-0.3, -0.25) is 0 Å². The average molecular weight is 394 g/mol. The number of nitrogens with one attached hydrogen (secondary N) is 1. The van der Waals surface area contributed by atoms with Crippen molar-refractivity contribution >= 4 is 5.69 Å². The Labute approximate surface area is 180 Å². The molecule has 0 atom stereocenters. The van der Waals surface area contributed by atoms with Crippen molar-refractivity contribution in [1.82, 2.24) is 0 Å². The number of benzene rings is 2. The molecule has 0 amide bonds. The summed E-state index contributed by atoms with van der Waals surface area (Å²) in [5.74, 6) is 0. The Hall–Kier alpha value is -1.76. The van der Waals surface area contributed by atoms with Crippen LogP contribution in [0.4, 0.5) is 5.69 Å². The first kappa shape index (κ1) is 23.5. The first-order valence-electron chi connectivity index (χ1n) is 11.0. The molecule has 0 aliphatic rings. The summed E-state index contributed by atoms with van der Waals surface area (Å²) in [5, 5.41) is 3.60. The summed E-state index contributed by atoms with van der Waals surface area (Å²) in [5.41, 5.74) is 17.2. The van der Waals surface area contributed by atoms with Gasteiger partial charge in [-0.05, 0) is 122 Å². The van der Waals surface area contributed by atoms with E-state index in [1.54, 1.807) is 0 Å². The van der Waals surface area contributed by atoms with Crippen LogP contribution in [0.3, 0.4) is 0 Å². The van der Waals surface area contributed by atoms with Crippen molar-refractivity contribution in [2.75, 3.05) is 12.4 Å². The van der Waals surface area contributed by atoms with Crippen molar-refractivity contribution in [3.63, 3.8) is 0 Å². The van der Waals surface area contributed by atoms with E-state index in [-0.39, 0.29) is 10.8 Å². The van der Waals surface area contributed by atoms with Crippen LogP contribution in [0.1, 0.15) is 95.8 Å². The van der Waals surface area contributed by atoms with Crippen molar-refractivity contribution in [2.24, 2.45) is 0 Å². The molecule has 0 bridgehead atoms. The third kappa shape index (κ3) is 3.51. The number of anilines is 1. The summed E-state index contributed by atoms with van der Waals surface area (Å²) in [7, 11) is 2.08. The molecular weight excluding hydrogens is 350 g/mol. The van der Waals surface area contributed by atoms with Gasteiger partial charge in [0, 0.05) is 18.2 Å². The Bertz CT molecular complexity index is 937. The van der Waals surface area contributed by atoms with Gasteiger partial charge in [-0.1, -0.05) is 34.6 Å². The summed E-state index contributed by atoms with van der Waals surface area (Å²) < 4.78 is 0. The minimum atomic E-state index is -0.0915. The molecule has 0 saturated heterocycles. The second-order valence-electron chi connectivity index (χ2n) is 10.6. The lowest BCUT2D eigenvalue weighted by Crippen LogP contribution is -2.28. The molecule has 0 heterocycles. The van der Waals surface area contributed by atoms with Gasteiger partial charge < -0.3 is 5.32 Å². The largest absolute Gasteiger partial charge is 0.388 e. The molecule has 2 aromatic rings. The van der Waals surface area contributed by atoms with Crippen LogP contribution in [-0.2, 0) is 10.8 Å². The smallest absolute Gasteiger partial charge is 0.0414 e. The van der Waals surface area contributed by atoms with Gasteiger partial charge in [-0.2, -0.15) is 0 Å². The highest BCUT2D eigenvalue weighted by Crippen LogP contribution is 2.47. The van der Waals surface area contributed by atoms with Crippen molar-refractivity contribution in [3.8, 4) is 0 Å². The highest BCUT2D eigenvalue weighted by Gasteiger charge is 2.35. The zero-order valence-corrected chi connectivity index (χ0v) is 21.5. The van der Waals surface area contributed by atoms with Gasteiger partial charge in [-0.25, -0.2) is 0 Å². The standard InChI is InChI=1S/C28H43N/c1-15-16(2)18(4)24(19(5)17(15)3)28(12,13)25-21(7)20(6)23(27(9,10)11)22(8)26(25)29-14/h29H,1-14H3. The van der Waals surface area contributed by atoms with Crippen LogP contribution < -0.4 is 5.32 Å². The monoisotopic (exact) mass is 393 g/mol. The van der Waals surface area contributed by atoms with Gasteiger partial charge in [0.25, 0.3) is 0 Å². The molecule has 1 nitrogen and oxygen atoms in total. The second kappa shape index (κ2) is 7.49. The van der Waals surface area contributed by atoms with E-state index in [4.69, 9.17) is 0 Å². The molecule has 0 aliphatic carbocycles. The van der Waals surface area contributed by atoms with Crippen molar-refractivity contribution in [1.29, 1.82) is 0 Å². The molecule has 0 radical (unpaired) electrons. The zero-order chi connectivity index (χ0) is 22.6. The van der Waals surface area contributed by atoms with E-state index in [1.165, 1.54) is 66.9 Å². The van der Waals surface area contributed by atoms with E-state index < -0.39 is 0 Å². The van der Waals surface area contributed by atoms with Crippen molar-refractivity contribution in [3.05, 3.63) is 61.2 Å². The lowest BCUT2D eigenvalue weighted by molar-refractivity contribution is 0.576. The van der Waals surface area contributed by atoms with E-state index in [2.05, 4.69) is 102 Å². The van der Waals surface area contributed by atoms with Crippen molar-refractivity contribution < 1.29 is 0 Å². The molecule has 0 spiro atoms. The Morgan fingerprint density at radius 1 is 0.448 bits per heavy atom. The Morgan fingerprint density at radius 3 is 1.17 bits per heavy atom. The van der Waals surface area contributed by atoms with E-state index in [0.717, 1.165) is 0 Å². The Kier molecular flexibility index (Phi) is 6.07. The topological polar surface area (TPSA) is 12.0 Å². The fraction of sp³-hybridized carbons (Fsp3) is 0.571. The first-order chi connectivity index (χ1) is 13.1. The van der Waals surface area contributed by atoms with E-state index in [9.17, 15) is 0 Å². The maximum atomic E-state index is 3.60. The SMILES string of the molecule is CNc1c(C)c(C(C)(C)C)c(C)c(C)c1C(C)(C)c1c(C)c(C)c(C)c(C)c1C. The molecule has 0 saturated carbocycles. The normalized spacial score (nSPS) is 12.5. The fourth-order valence-corrected chi connectivity index (χ4v) is 5.94. The quantitative estimate of drug-likeness (QED) is 0.560. The summed E-state index contributed by atoms with van der Waals surface area (Å²) >= 11 is 0. The minimum Gasteiger partial charge on any atom is -0.388 e. The molecule has 0 aromatic heterocycles. The van der Waals surface area contributed by atoms with E-state index in [1.807, 2.05) is 0 Å². The predicted octanol–water partition coefficient (Wildman–Crippen LogP) is 7.82. The fourth-order valence-electron chi connectivity index (χ4n) is 5.94. The first-order valence-corrected chi connectivity index (χ1v) is 11.0. The van der Waals surface area contributed by atoms with E-state index >= 15 is 0 Å². The van der Waals surface area contributed by atoms with Crippen molar-refractivity contribution in [2.45, 2.75) is 101 Å². The van der Waals surface area contributed by atoms with Gasteiger partial charge in [-0.15, -0.1) is 0 Å². The molecule has 0 unspecified atom stereocenters. The molecule has 0 fully saturated rings. The van der Waals surface area contributed by atoms with Gasteiger partial charge in [0.15, 0.2) is 0 Å². The van der Waals surface area contributed by atoms with Crippen LogP contribution >= 0.6 is 0 Å². The summed E-state index contributed by atoms with van der Waals surface area (Å²) in [6, 6.07) is 0. The highest BCUT2D eigenvalue weighted by atomic mass is 14.8. The average Bonchev–Trinajstić information content (AvgIpc) is 2.59. The molecule has 2 aromatic carbocycles. The van der Waals surface area contributed by atoms with Gasteiger partial charge in [0.2, 0.25) is 0 Å². The predicted molar refractivity (Wildman–Crippen MR) is 131 cm³/mol. The molecular formula is C28H43N. The van der Waals surface area contributed by atoms with Crippen LogP contribution in [0.2, 0.25) is 0 Å². The number of hydrogen-bond donors (Lipinski definition) is 1. The number of hydrogen-bond acceptors (Lipinski definition) is 1. The van der Waals surface area contributed by atoms with Gasteiger partial charge in [0.1, 0.15) is 0 Å². The lowest BCUT2D eigenvalue weighted by atomic mass is 9.67. The maximum absolute atomic E-state index is 3.60. The van der Waals surface area contributed by atoms with Crippen LogP contribution in [0.5, 0.6) is 0 Å². The number of rotatable bonds is 3. The molecule has 1 N–H and O–H groups in total. The molecule has 29 heavy (non-hydrogen) atoms. The zero-order valence-electron chi connectivity index (χ0n) is 21.5. The van der Waals surface area contributed by atoms with Crippen LogP contribution in [0.15, 0.2) is 0 Å². The maximum Gasteiger partial charge on any atom is 0.0414 e. The van der Waals surface area contributed by atoms with Gasteiger partial charge >= 0.3 is 0 Å². The summed E-state index contributed by atoms with van der Waals surface area (Å²) in [6.45, 7) is 30.2. The molecule has 2 rings (SSSR count). The van der Waals surface area contributed by atoms with Gasteiger partial charge in [0.05, 0.1) is 0 Å². The highest BCUT2D eigenvalue weighted by molar-refractivity contribution is 5.71. The Morgan fingerprint density at radius 2 is 0.793 bits per heavy atom. The minimum absolute atomic E-state index is 0.0915. The second-order valence-corrected chi connectivity index (χ2v) is 10.6. The van der Waals surface area contributed by atoms with Crippen LogP contribution in [0, 0.1) is 55.4 Å². The van der Waals surface area contributed by atoms with E-state index in [0.29, 0.717) is 0 Å². The molecule has 160 valence electrons. The summed E-state index contributed by atoms with van der Waals surface area (Å²) in [4.78, 5) is 0. The summed E-state index contributed by atoms with van der Waals surface area (Å²) in [6.07, 6.45) is 0. The van der Waals surface area contributed by atoms with Crippen LogP contribution in [-0.4, -0.2) is 7.05 Å². The van der Waals surface area contributed by atoms with Crippen LogP contribution in [0.25, 0.3) is 0 Å². The third-order valence-electron chi connectivity index (χ3n) is 7.56. The molecule has 0 aliphatic heterocycles. The lowest BCUT2D eigenvalue weighted by Gasteiger charge is -2.38.